The van der Waals surface area contributed by atoms with Crippen molar-refractivity contribution in [2.45, 2.75) is 175 Å². The zero-order valence-corrected chi connectivity index (χ0v) is 33.6. The summed E-state index contributed by atoms with van der Waals surface area (Å²) in [6.07, 6.45) is 12.7. The average Bonchev–Trinajstić information content (AvgIpc) is 3.68. The van der Waals surface area contributed by atoms with E-state index in [9.17, 15) is 0 Å². The molecular formula is C37H63B2O3PS2. The van der Waals surface area contributed by atoms with Gasteiger partial charge in [0.05, 0.1) is 16.8 Å². The van der Waals surface area contributed by atoms with Crippen molar-refractivity contribution in [1.82, 2.24) is 0 Å². The van der Waals surface area contributed by atoms with Gasteiger partial charge in [-0.15, -0.1) is 31.9 Å². The van der Waals surface area contributed by atoms with Crippen LogP contribution >= 0.6 is 31.9 Å². The van der Waals surface area contributed by atoms with E-state index in [0.717, 1.165) is 0 Å². The molecule has 3 atom stereocenters. The Morgan fingerprint density at radius 1 is 0.822 bits per heavy atom. The number of hydrogen-bond acceptors (Lipinski definition) is 5. The zero-order chi connectivity index (χ0) is 33.4. The number of fused-ring (bicyclic) bond motifs is 3. The van der Waals surface area contributed by atoms with Crippen LogP contribution in [0.4, 0.5) is 0 Å². The molecule has 252 valence electrons. The molecule has 1 saturated heterocycles. The van der Waals surface area contributed by atoms with Gasteiger partial charge >= 0.3 is 14.6 Å². The highest BCUT2D eigenvalue weighted by molar-refractivity contribution is 7.30. The number of thiophene rings is 2. The van der Waals surface area contributed by atoms with Crippen LogP contribution in [0.3, 0.4) is 0 Å². The van der Waals surface area contributed by atoms with Crippen molar-refractivity contribution in [3.8, 4) is 9.75 Å². The van der Waals surface area contributed by atoms with Crippen molar-refractivity contribution in [3.05, 3.63) is 23.3 Å². The van der Waals surface area contributed by atoms with Crippen LogP contribution in [-0.4, -0.2) is 36.6 Å². The van der Waals surface area contributed by atoms with E-state index in [-0.39, 0.29) is 34.5 Å². The standard InChI is InChI=1S/C37H63B2O3PS2/c1-13-17-19-25(15-3)23-37(24-26(16-4)20-18-14-2)27-21-29(38-40-35(9,10)36(11,12)43)44-31(27)32-28(37)22-30(45-32)39-41-33(5,6)34(7,8)42-39/h21-22,25-26,38H,13-20,23-24,43H2,1-12H3. The lowest BCUT2D eigenvalue weighted by atomic mass is 9.65. The van der Waals surface area contributed by atoms with Crippen LogP contribution in [0.5, 0.6) is 0 Å². The summed E-state index contributed by atoms with van der Waals surface area (Å²) in [5.41, 5.74) is 2.22. The highest BCUT2D eigenvalue weighted by Crippen LogP contribution is 2.59. The van der Waals surface area contributed by atoms with Gasteiger partial charge in [-0.1, -0.05) is 92.9 Å². The Balaban J connectivity index is 1.85. The van der Waals surface area contributed by atoms with Crippen molar-refractivity contribution in [2.75, 3.05) is 0 Å². The molecule has 1 aliphatic carbocycles. The van der Waals surface area contributed by atoms with E-state index in [1.807, 2.05) is 22.7 Å². The minimum Gasteiger partial charge on any atom is -0.428 e. The maximum Gasteiger partial charge on any atom is 0.505 e. The van der Waals surface area contributed by atoms with E-state index in [2.05, 4.69) is 104 Å². The number of hydrogen-bond donors (Lipinski definition) is 0. The number of rotatable bonds is 17. The predicted molar refractivity (Wildman–Crippen MR) is 206 cm³/mol. The lowest BCUT2D eigenvalue weighted by Gasteiger charge is -2.39. The molecule has 3 unspecified atom stereocenters. The molecule has 2 aliphatic rings. The SMILES string of the molecule is CCCCC(CC)CC1(CC(CC)CCCC)c2cc(BOC(C)(C)C(C)(C)P)sc2-c2sc(B3OC(C)(C)C(C)(C)O3)cc21. The third-order valence-electron chi connectivity index (χ3n) is 11.7. The molecule has 45 heavy (non-hydrogen) atoms. The molecule has 0 amide bonds. The van der Waals surface area contributed by atoms with Crippen LogP contribution in [0.2, 0.25) is 0 Å². The van der Waals surface area contributed by atoms with Gasteiger partial charge in [0.15, 0.2) is 0 Å². The Bertz CT molecular complexity index is 1240. The molecule has 0 radical (unpaired) electrons. The van der Waals surface area contributed by atoms with Gasteiger partial charge in [-0.2, -0.15) is 0 Å². The third-order valence-corrected chi connectivity index (χ3v) is 14.9. The minimum absolute atomic E-state index is 0.0172. The van der Waals surface area contributed by atoms with Gasteiger partial charge in [0, 0.05) is 29.9 Å². The van der Waals surface area contributed by atoms with Gasteiger partial charge in [-0.25, -0.2) is 0 Å². The van der Waals surface area contributed by atoms with Crippen LogP contribution in [0.15, 0.2) is 12.1 Å². The Morgan fingerprint density at radius 3 is 1.78 bits per heavy atom. The molecule has 0 spiro atoms. The molecule has 0 saturated carbocycles. The van der Waals surface area contributed by atoms with E-state index in [0.29, 0.717) is 19.3 Å². The average molecular weight is 673 g/mol. The van der Waals surface area contributed by atoms with Crippen LogP contribution in [0.1, 0.15) is 158 Å². The van der Waals surface area contributed by atoms with Crippen LogP contribution in [0.25, 0.3) is 9.75 Å². The molecule has 0 aromatic carbocycles. The zero-order valence-electron chi connectivity index (χ0n) is 30.8. The Hall–Kier alpha value is -0.160. The summed E-state index contributed by atoms with van der Waals surface area (Å²) in [5, 5.41) is -0.0172. The first-order chi connectivity index (χ1) is 20.9. The van der Waals surface area contributed by atoms with Gasteiger partial charge in [0.2, 0.25) is 0 Å². The maximum atomic E-state index is 6.67. The van der Waals surface area contributed by atoms with Gasteiger partial charge in [0.1, 0.15) is 0 Å². The first-order valence-corrected chi connectivity index (χ1v) is 20.2. The largest absolute Gasteiger partial charge is 0.505 e. The molecular weight excluding hydrogens is 609 g/mol. The molecule has 8 heteroatoms. The van der Waals surface area contributed by atoms with Gasteiger partial charge in [-0.3, -0.25) is 0 Å². The molecule has 4 rings (SSSR count). The molecule has 2 aromatic heterocycles. The summed E-state index contributed by atoms with van der Waals surface area (Å²) in [6, 6.07) is 5.08. The Morgan fingerprint density at radius 2 is 1.31 bits per heavy atom. The maximum absolute atomic E-state index is 6.67. The normalized spacial score (nSPS) is 22.0. The molecule has 2 aromatic rings. The first kappa shape index (κ1) is 37.7. The molecule has 0 bridgehead atoms. The lowest BCUT2D eigenvalue weighted by Crippen LogP contribution is -2.45. The summed E-state index contributed by atoms with van der Waals surface area (Å²) in [7, 11) is 3.33. The lowest BCUT2D eigenvalue weighted by molar-refractivity contribution is 0.00578. The van der Waals surface area contributed by atoms with Crippen LogP contribution < -0.4 is 9.55 Å². The van der Waals surface area contributed by atoms with E-state index in [4.69, 9.17) is 14.0 Å². The van der Waals surface area contributed by atoms with Crippen LogP contribution in [-0.2, 0) is 19.4 Å². The number of unbranched alkanes of at least 4 members (excludes halogenated alkanes) is 2. The molecule has 3 heterocycles. The minimum atomic E-state index is -0.346. The predicted octanol–water partition coefficient (Wildman–Crippen LogP) is 10.0. The fourth-order valence-electron chi connectivity index (χ4n) is 7.02. The summed E-state index contributed by atoms with van der Waals surface area (Å²) < 4.78 is 22.5. The monoisotopic (exact) mass is 672 g/mol. The molecule has 1 aliphatic heterocycles. The van der Waals surface area contributed by atoms with E-state index in [1.54, 1.807) is 11.1 Å². The summed E-state index contributed by atoms with van der Waals surface area (Å²) in [5.74, 6) is 1.42. The highest BCUT2D eigenvalue weighted by atomic mass is 32.1. The first-order valence-electron chi connectivity index (χ1n) is 18.0. The van der Waals surface area contributed by atoms with Crippen molar-refractivity contribution < 1.29 is 14.0 Å². The Labute approximate surface area is 288 Å². The molecule has 0 N–H and O–H groups in total. The second kappa shape index (κ2) is 14.4. The molecule has 3 nitrogen and oxygen atoms in total. The second-order valence-corrected chi connectivity index (χ2v) is 19.9. The van der Waals surface area contributed by atoms with E-state index >= 15 is 0 Å². The summed E-state index contributed by atoms with van der Waals surface area (Å²) in [4.78, 5) is 2.95. The highest BCUT2D eigenvalue weighted by Gasteiger charge is 2.54. The third kappa shape index (κ3) is 7.70. The van der Waals surface area contributed by atoms with Crippen molar-refractivity contribution in [3.63, 3.8) is 0 Å². The van der Waals surface area contributed by atoms with Crippen molar-refractivity contribution in [2.24, 2.45) is 11.8 Å². The molecule has 1 fully saturated rings. The van der Waals surface area contributed by atoms with E-state index in [1.165, 1.54) is 83.5 Å². The summed E-state index contributed by atoms with van der Waals surface area (Å²) in [6.45, 7) is 27.1. The van der Waals surface area contributed by atoms with Crippen LogP contribution in [0, 0.1) is 11.8 Å². The Kier molecular flexibility index (Phi) is 12.0. The van der Waals surface area contributed by atoms with Gasteiger partial charge < -0.3 is 14.0 Å². The summed E-state index contributed by atoms with van der Waals surface area (Å²) >= 11 is 3.90. The fraction of sp³-hybridized carbons (Fsp3) is 0.784. The van der Waals surface area contributed by atoms with Gasteiger partial charge in [-0.05, 0) is 89.5 Å². The van der Waals surface area contributed by atoms with Gasteiger partial charge in [0.25, 0.3) is 0 Å². The second-order valence-electron chi connectivity index (χ2n) is 16.3. The van der Waals surface area contributed by atoms with E-state index < -0.39 is 0 Å². The van der Waals surface area contributed by atoms with Crippen molar-refractivity contribution in [1.29, 1.82) is 0 Å². The topological polar surface area (TPSA) is 27.7 Å². The fourth-order valence-corrected chi connectivity index (χ4v) is 9.65. The quantitative estimate of drug-likeness (QED) is 0.124. The smallest absolute Gasteiger partial charge is 0.428 e. The van der Waals surface area contributed by atoms with Crippen molar-refractivity contribution >= 4 is 56.1 Å².